The van der Waals surface area contributed by atoms with E-state index in [0.717, 1.165) is 77.8 Å². The third-order valence-electron chi connectivity index (χ3n) is 11.3. The predicted molar refractivity (Wildman–Crippen MR) is 245 cm³/mol. The number of hydrogen-bond donors (Lipinski definition) is 0. The van der Waals surface area contributed by atoms with Crippen LogP contribution in [0, 0.1) is 0 Å². The van der Waals surface area contributed by atoms with E-state index in [4.69, 9.17) is 14.4 Å². The lowest BCUT2D eigenvalue weighted by molar-refractivity contribution is 0.669. The predicted octanol–water partition coefficient (Wildman–Crippen LogP) is 15.2. The lowest BCUT2D eigenvalue weighted by Crippen LogP contribution is -1.97. The number of nitrogens with zero attached hydrogens (tertiary/aromatic N) is 2. The Morgan fingerprint density at radius 1 is 0.271 bits per heavy atom. The SMILES string of the molecule is c1ccc(-c2nc(-c3cc(-c4ccc5oc6ccccc6c5c4)cc(-c4ccccc4-c4ccccc4)c3)cc(-c3cccc(-c4cccc5ccccc45)c3)n2)cc1. The average Bonchev–Trinajstić information content (AvgIpc) is 3.70. The van der Waals surface area contributed by atoms with Crippen LogP contribution in [0.5, 0.6) is 0 Å². The summed E-state index contributed by atoms with van der Waals surface area (Å²) in [5, 5.41) is 4.64. The van der Waals surface area contributed by atoms with Crippen molar-refractivity contribution in [2.24, 2.45) is 0 Å². The van der Waals surface area contributed by atoms with E-state index in [1.165, 1.54) is 27.5 Å². The maximum atomic E-state index is 6.25. The summed E-state index contributed by atoms with van der Waals surface area (Å²) in [5.41, 5.74) is 15.6. The molecule has 0 fully saturated rings. The van der Waals surface area contributed by atoms with E-state index in [0.29, 0.717) is 5.82 Å². The van der Waals surface area contributed by atoms with Crippen molar-refractivity contribution in [2.75, 3.05) is 0 Å². The van der Waals surface area contributed by atoms with Crippen molar-refractivity contribution >= 4 is 32.7 Å². The molecule has 0 saturated heterocycles. The molecule has 0 saturated carbocycles. The molecule has 0 amide bonds. The second-order valence-corrected chi connectivity index (χ2v) is 15.0. The van der Waals surface area contributed by atoms with Gasteiger partial charge < -0.3 is 4.42 Å². The van der Waals surface area contributed by atoms with Crippen LogP contribution in [-0.2, 0) is 0 Å². The number of para-hydroxylation sites is 1. The minimum atomic E-state index is 0.677. The molecule has 0 radical (unpaired) electrons. The van der Waals surface area contributed by atoms with E-state index in [9.17, 15) is 0 Å². The molecule has 11 rings (SSSR count). The third kappa shape index (κ3) is 6.45. The number of benzene rings is 9. The molecule has 9 aromatic carbocycles. The van der Waals surface area contributed by atoms with Gasteiger partial charge >= 0.3 is 0 Å². The number of aromatic nitrogens is 2. The summed E-state index contributed by atoms with van der Waals surface area (Å²) in [6.45, 7) is 0. The molecule has 0 spiro atoms. The molecule has 3 nitrogen and oxygen atoms in total. The Labute approximate surface area is 342 Å². The van der Waals surface area contributed by atoms with Gasteiger partial charge in [0.2, 0.25) is 0 Å². The molecule has 276 valence electrons. The molecular weight excluding hydrogens is 717 g/mol. The maximum absolute atomic E-state index is 6.25. The Hall–Kier alpha value is -7.88. The lowest BCUT2D eigenvalue weighted by atomic mass is 9.90. The van der Waals surface area contributed by atoms with Crippen LogP contribution >= 0.6 is 0 Å². The fourth-order valence-electron chi connectivity index (χ4n) is 8.39. The highest BCUT2D eigenvalue weighted by molar-refractivity contribution is 6.06. The molecule has 0 atom stereocenters. The zero-order valence-corrected chi connectivity index (χ0v) is 32.1. The molecule has 0 aliphatic rings. The number of fused-ring (bicyclic) bond motifs is 4. The molecule has 0 aliphatic carbocycles. The number of hydrogen-bond acceptors (Lipinski definition) is 3. The van der Waals surface area contributed by atoms with E-state index in [1.54, 1.807) is 0 Å². The lowest BCUT2D eigenvalue weighted by Gasteiger charge is -2.16. The van der Waals surface area contributed by atoms with E-state index < -0.39 is 0 Å². The van der Waals surface area contributed by atoms with Gasteiger partial charge in [0.25, 0.3) is 0 Å². The molecular formula is C56H36N2O. The van der Waals surface area contributed by atoms with Crippen molar-refractivity contribution in [1.29, 1.82) is 0 Å². The van der Waals surface area contributed by atoms with Crippen LogP contribution in [0.25, 0.3) is 111 Å². The monoisotopic (exact) mass is 752 g/mol. The van der Waals surface area contributed by atoms with Crippen molar-refractivity contribution in [3.05, 3.63) is 218 Å². The maximum Gasteiger partial charge on any atom is 0.160 e. The smallest absolute Gasteiger partial charge is 0.160 e. The summed E-state index contributed by atoms with van der Waals surface area (Å²) in [5.74, 6) is 0.677. The minimum absolute atomic E-state index is 0.677. The number of furan rings is 1. The fourth-order valence-corrected chi connectivity index (χ4v) is 8.39. The van der Waals surface area contributed by atoms with Crippen LogP contribution in [0.4, 0.5) is 0 Å². The van der Waals surface area contributed by atoms with Crippen molar-refractivity contribution in [2.45, 2.75) is 0 Å². The summed E-state index contributed by atoms with van der Waals surface area (Å²) in [6, 6.07) is 77.1. The van der Waals surface area contributed by atoms with Crippen LogP contribution in [0.3, 0.4) is 0 Å². The third-order valence-corrected chi connectivity index (χ3v) is 11.3. The molecule has 11 aromatic rings. The Balaban J connectivity index is 1.13. The first-order chi connectivity index (χ1) is 29.2. The summed E-state index contributed by atoms with van der Waals surface area (Å²) in [7, 11) is 0. The molecule has 2 heterocycles. The first-order valence-corrected chi connectivity index (χ1v) is 20.0. The van der Waals surface area contributed by atoms with Crippen LogP contribution < -0.4 is 0 Å². The van der Waals surface area contributed by atoms with Gasteiger partial charge in [-0.3, -0.25) is 0 Å². The van der Waals surface area contributed by atoms with Gasteiger partial charge in [0.05, 0.1) is 11.4 Å². The topological polar surface area (TPSA) is 38.9 Å². The number of rotatable bonds is 7. The van der Waals surface area contributed by atoms with Crippen LogP contribution in [0.2, 0.25) is 0 Å². The normalized spacial score (nSPS) is 11.4. The Morgan fingerprint density at radius 2 is 0.814 bits per heavy atom. The molecule has 0 bridgehead atoms. The zero-order chi connectivity index (χ0) is 39.1. The van der Waals surface area contributed by atoms with Gasteiger partial charge in [-0.05, 0) is 104 Å². The van der Waals surface area contributed by atoms with Crippen LogP contribution in [-0.4, -0.2) is 9.97 Å². The van der Waals surface area contributed by atoms with Gasteiger partial charge in [-0.2, -0.15) is 0 Å². The highest BCUT2D eigenvalue weighted by Crippen LogP contribution is 2.40. The van der Waals surface area contributed by atoms with Crippen molar-refractivity contribution < 1.29 is 4.42 Å². The second-order valence-electron chi connectivity index (χ2n) is 15.0. The first kappa shape index (κ1) is 34.4. The van der Waals surface area contributed by atoms with Crippen molar-refractivity contribution in [3.63, 3.8) is 0 Å². The van der Waals surface area contributed by atoms with Crippen molar-refractivity contribution in [3.8, 4) is 78.4 Å². The summed E-state index contributed by atoms with van der Waals surface area (Å²) in [6.07, 6.45) is 0. The van der Waals surface area contributed by atoms with Gasteiger partial charge in [-0.15, -0.1) is 0 Å². The van der Waals surface area contributed by atoms with Crippen molar-refractivity contribution in [1.82, 2.24) is 9.97 Å². The van der Waals surface area contributed by atoms with Gasteiger partial charge in [0.15, 0.2) is 5.82 Å². The van der Waals surface area contributed by atoms with E-state index in [1.807, 2.05) is 30.3 Å². The van der Waals surface area contributed by atoms with Crippen LogP contribution in [0.15, 0.2) is 223 Å². The molecule has 0 unspecified atom stereocenters. The molecule has 0 N–H and O–H groups in total. The second kappa shape index (κ2) is 14.6. The molecule has 59 heavy (non-hydrogen) atoms. The average molecular weight is 753 g/mol. The van der Waals surface area contributed by atoms with Gasteiger partial charge in [-0.25, -0.2) is 9.97 Å². The van der Waals surface area contributed by atoms with E-state index in [2.05, 4.69) is 188 Å². The summed E-state index contributed by atoms with van der Waals surface area (Å²) >= 11 is 0. The zero-order valence-electron chi connectivity index (χ0n) is 32.1. The Bertz CT molecular complexity index is 3320. The van der Waals surface area contributed by atoms with Gasteiger partial charge in [-0.1, -0.05) is 170 Å². The summed E-state index contributed by atoms with van der Waals surface area (Å²) in [4.78, 5) is 10.6. The molecule has 3 heteroatoms. The van der Waals surface area contributed by atoms with Crippen LogP contribution in [0.1, 0.15) is 0 Å². The highest BCUT2D eigenvalue weighted by atomic mass is 16.3. The summed E-state index contributed by atoms with van der Waals surface area (Å²) < 4.78 is 6.25. The minimum Gasteiger partial charge on any atom is -0.456 e. The quantitative estimate of drug-likeness (QED) is 0.163. The highest BCUT2D eigenvalue weighted by Gasteiger charge is 2.17. The fraction of sp³-hybridized carbons (Fsp3) is 0. The molecule has 2 aromatic heterocycles. The Kier molecular flexibility index (Phi) is 8.49. The van der Waals surface area contributed by atoms with E-state index in [-0.39, 0.29) is 0 Å². The van der Waals surface area contributed by atoms with Gasteiger partial charge in [0, 0.05) is 27.5 Å². The van der Waals surface area contributed by atoms with Gasteiger partial charge in [0.1, 0.15) is 11.2 Å². The Morgan fingerprint density at radius 3 is 1.64 bits per heavy atom. The van der Waals surface area contributed by atoms with E-state index >= 15 is 0 Å². The first-order valence-electron chi connectivity index (χ1n) is 20.0. The standard InChI is InChI=1S/C56H36N2O/c1-3-15-37(16-4-1)47-24-9-10-25-49(47)44-32-43(40-29-30-55-51(35-40)50-26-11-12-28-54(50)59-55)33-45(34-44)53-36-52(57-56(58-53)39-18-5-2-6-19-39)42-22-13-21-41(31-42)48-27-14-20-38-17-7-8-23-46(38)48/h1-36H. The molecule has 0 aliphatic heterocycles. The largest absolute Gasteiger partial charge is 0.456 e.